The van der Waals surface area contributed by atoms with Crippen LogP contribution in [0.2, 0.25) is 0 Å². The molecule has 188 valence electrons. The molecule has 5 rings (SSSR count). The second-order valence-corrected chi connectivity index (χ2v) is 9.68. The van der Waals surface area contributed by atoms with E-state index in [1.807, 2.05) is 35.2 Å². The first-order chi connectivity index (χ1) is 17.5. The van der Waals surface area contributed by atoms with Crippen LogP contribution < -0.4 is 14.2 Å². The molecule has 1 amide bonds. The number of ether oxygens (including phenoxy) is 4. The molecule has 1 saturated heterocycles. The van der Waals surface area contributed by atoms with Crippen LogP contribution in [0.4, 0.5) is 4.79 Å². The minimum Gasteiger partial charge on any atom is -0.497 e. The maximum absolute atomic E-state index is 12.9. The summed E-state index contributed by atoms with van der Waals surface area (Å²) in [5.74, 6) is 2.03. The number of rotatable bonds is 8. The van der Waals surface area contributed by atoms with Crippen molar-refractivity contribution in [1.82, 2.24) is 14.5 Å². The van der Waals surface area contributed by atoms with Gasteiger partial charge in [-0.25, -0.2) is 9.78 Å². The van der Waals surface area contributed by atoms with Crippen molar-refractivity contribution in [2.45, 2.75) is 34.8 Å². The van der Waals surface area contributed by atoms with Crippen LogP contribution in [0.25, 0.3) is 0 Å². The number of aromatic nitrogens is 2. The number of hydrogen-bond acceptors (Lipinski definition) is 8. The average Bonchev–Trinajstić information content (AvgIpc) is 3.45. The number of hydrogen-bond donors (Lipinski definition) is 0. The molecule has 0 saturated carbocycles. The van der Waals surface area contributed by atoms with E-state index in [1.165, 1.54) is 11.8 Å². The van der Waals surface area contributed by atoms with Crippen molar-refractivity contribution in [2.75, 3.05) is 27.9 Å². The zero-order valence-corrected chi connectivity index (χ0v) is 21.3. The highest BCUT2D eigenvalue weighted by Crippen LogP contribution is 2.51. The molecule has 0 N–H and O–H groups in total. The van der Waals surface area contributed by atoms with E-state index >= 15 is 0 Å². The first kappa shape index (κ1) is 24.1. The van der Waals surface area contributed by atoms with Gasteiger partial charge in [-0.1, -0.05) is 23.9 Å². The summed E-state index contributed by atoms with van der Waals surface area (Å²) in [5.41, 5.74) is 3.46. The summed E-state index contributed by atoms with van der Waals surface area (Å²) >= 11 is 1.39. The standard InChI is InChI=1S/C26H27N3O6S/c1-28-14-27-25(20(28)12-30)36-24-18-10-16-13-35-26(31)29(16)19(9-15-5-7-17(32-2)8-6-15)23(18)21(33-3)11-22(24)34-4/h5-8,11-12,14,16,19H,9-10,13H2,1-4H3/t16-,19-/m1/s1. The number of amides is 1. The predicted molar refractivity (Wildman–Crippen MR) is 132 cm³/mol. The highest BCUT2D eigenvalue weighted by molar-refractivity contribution is 7.99. The van der Waals surface area contributed by atoms with Crippen LogP contribution >= 0.6 is 11.8 Å². The molecule has 36 heavy (non-hydrogen) atoms. The van der Waals surface area contributed by atoms with Gasteiger partial charge in [-0.15, -0.1) is 0 Å². The maximum atomic E-state index is 12.9. The first-order valence-electron chi connectivity index (χ1n) is 11.5. The highest BCUT2D eigenvalue weighted by Gasteiger charge is 2.46. The van der Waals surface area contributed by atoms with E-state index in [0.717, 1.165) is 33.6 Å². The van der Waals surface area contributed by atoms with E-state index in [1.54, 1.807) is 39.3 Å². The van der Waals surface area contributed by atoms with Crippen molar-refractivity contribution in [3.05, 3.63) is 59.0 Å². The third kappa shape index (κ3) is 4.05. The normalized spacial score (nSPS) is 18.3. The van der Waals surface area contributed by atoms with Gasteiger partial charge < -0.3 is 23.5 Å². The zero-order valence-electron chi connectivity index (χ0n) is 20.5. The number of aryl methyl sites for hydroxylation is 1. The fourth-order valence-electron chi connectivity index (χ4n) is 4.98. The van der Waals surface area contributed by atoms with Gasteiger partial charge in [0.2, 0.25) is 0 Å². The van der Waals surface area contributed by atoms with Crippen molar-refractivity contribution in [3.8, 4) is 17.2 Å². The molecule has 1 aromatic heterocycles. The van der Waals surface area contributed by atoms with Gasteiger partial charge in [-0.2, -0.15) is 0 Å². The van der Waals surface area contributed by atoms with Crippen LogP contribution in [0.5, 0.6) is 17.2 Å². The lowest BCUT2D eigenvalue weighted by atomic mass is 9.85. The Morgan fingerprint density at radius 3 is 2.56 bits per heavy atom. The van der Waals surface area contributed by atoms with Gasteiger partial charge in [0, 0.05) is 18.7 Å². The van der Waals surface area contributed by atoms with Crippen LogP contribution in [-0.4, -0.2) is 60.8 Å². The summed E-state index contributed by atoms with van der Waals surface area (Å²) in [6.07, 6.45) is 3.23. The number of benzene rings is 2. The Morgan fingerprint density at radius 2 is 1.89 bits per heavy atom. The molecule has 1 fully saturated rings. The highest BCUT2D eigenvalue weighted by atomic mass is 32.2. The van der Waals surface area contributed by atoms with E-state index in [-0.39, 0.29) is 18.2 Å². The Balaban J connectivity index is 1.66. The zero-order chi connectivity index (χ0) is 25.4. The maximum Gasteiger partial charge on any atom is 0.410 e. The summed E-state index contributed by atoms with van der Waals surface area (Å²) in [6, 6.07) is 9.22. The van der Waals surface area contributed by atoms with Gasteiger partial charge in [0.05, 0.1) is 44.6 Å². The van der Waals surface area contributed by atoms with E-state index in [2.05, 4.69) is 4.98 Å². The van der Waals surface area contributed by atoms with Gasteiger partial charge in [0.1, 0.15) is 34.6 Å². The minimum absolute atomic E-state index is 0.126. The van der Waals surface area contributed by atoms with E-state index in [4.69, 9.17) is 18.9 Å². The monoisotopic (exact) mass is 509 g/mol. The van der Waals surface area contributed by atoms with Crippen molar-refractivity contribution in [2.24, 2.45) is 7.05 Å². The molecule has 0 spiro atoms. The molecule has 0 unspecified atom stereocenters. The van der Waals surface area contributed by atoms with Gasteiger partial charge in [0.25, 0.3) is 0 Å². The van der Waals surface area contributed by atoms with Gasteiger partial charge >= 0.3 is 6.09 Å². The smallest absolute Gasteiger partial charge is 0.410 e. The van der Waals surface area contributed by atoms with Gasteiger partial charge in [-0.3, -0.25) is 9.69 Å². The third-order valence-electron chi connectivity index (χ3n) is 6.75. The summed E-state index contributed by atoms with van der Waals surface area (Å²) in [6.45, 7) is 0.310. The average molecular weight is 510 g/mol. The third-order valence-corrected chi connectivity index (χ3v) is 7.91. The summed E-state index contributed by atoms with van der Waals surface area (Å²) in [4.78, 5) is 31.7. The quantitative estimate of drug-likeness (QED) is 0.420. The van der Waals surface area contributed by atoms with Crippen molar-refractivity contribution in [1.29, 1.82) is 0 Å². The number of imidazole rings is 1. The topological polar surface area (TPSA) is 92.1 Å². The number of carbonyl (C=O) groups excluding carboxylic acids is 2. The Morgan fingerprint density at radius 1 is 1.14 bits per heavy atom. The van der Waals surface area contributed by atoms with Gasteiger partial charge in [0.15, 0.2) is 6.29 Å². The summed E-state index contributed by atoms with van der Waals surface area (Å²) < 4.78 is 24.1. The van der Waals surface area contributed by atoms with E-state index in [9.17, 15) is 9.59 Å². The number of methoxy groups -OCH3 is 3. The van der Waals surface area contributed by atoms with Crippen LogP contribution in [0.1, 0.15) is 33.2 Å². The molecule has 9 nitrogen and oxygen atoms in total. The molecule has 2 aliphatic heterocycles. The molecule has 3 heterocycles. The molecular weight excluding hydrogens is 482 g/mol. The second kappa shape index (κ2) is 9.77. The number of carbonyl (C=O) groups is 2. The largest absolute Gasteiger partial charge is 0.497 e. The van der Waals surface area contributed by atoms with Crippen molar-refractivity contribution < 1.29 is 28.5 Å². The number of fused-ring (bicyclic) bond motifs is 2. The summed E-state index contributed by atoms with van der Waals surface area (Å²) in [5, 5.41) is 0.589. The van der Waals surface area contributed by atoms with E-state index in [0.29, 0.717) is 41.7 Å². The molecular formula is C26H27N3O6S. The minimum atomic E-state index is -0.329. The van der Waals surface area contributed by atoms with Crippen LogP contribution in [0, 0.1) is 0 Å². The predicted octanol–water partition coefficient (Wildman–Crippen LogP) is 4.07. The Bertz CT molecular complexity index is 1310. The number of aldehydes is 1. The van der Waals surface area contributed by atoms with Crippen molar-refractivity contribution >= 4 is 24.1 Å². The fourth-order valence-corrected chi connectivity index (χ4v) is 6.13. The lowest BCUT2D eigenvalue weighted by Gasteiger charge is -2.39. The lowest BCUT2D eigenvalue weighted by Crippen LogP contribution is -2.43. The number of cyclic esters (lactones) is 1. The fraction of sp³-hybridized carbons (Fsp3) is 0.346. The van der Waals surface area contributed by atoms with Crippen LogP contribution in [-0.2, 0) is 24.6 Å². The van der Waals surface area contributed by atoms with Crippen LogP contribution in [0.3, 0.4) is 0 Å². The number of nitrogens with zero attached hydrogens (tertiary/aromatic N) is 3. The lowest BCUT2D eigenvalue weighted by molar-refractivity contribution is 0.111. The molecule has 0 aliphatic carbocycles. The Hall–Kier alpha value is -3.66. The van der Waals surface area contributed by atoms with Crippen LogP contribution in [0.15, 0.2) is 46.6 Å². The summed E-state index contributed by atoms with van der Waals surface area (Å²) in [7, 11) is 6.64. The Labute approximate surface area is 213 Å². The molecule has 3 aromatic rings. The Kier molecular flexibility index (Phi) is 6.53. The molecule has 2 aromatic carbocycles. The molecule has 0 bridgehead atoms. The van der Waals surface area contributed by atoms with E-state index < -0.39 is 0 Å². The SMILES string of the molecule is COc1ccc(C[C@@H]2c3c(OC)cc(OC)c(Sc4ncn(C)c4C=O)c3C[C@@H]3COC(=O)N32)cc1. The first-order valence-corrected chi connectivity index (χ1v) is 12.3. The molecule has 0 radical (unpaired) electrons. The second-order valence-electron chi connectivity index (χ2n) is 8.68. The molecule has 2 aliphatic rings. The molecule has 2 atom stereocenters. The van der Waals surface area contributed by atoms with Crippen molar-refractivity contribution in [3.63, 3.8) is 0 Å². The van der Waals surface area contributed by atoms with Gasteiger partial charge in [-0.05, 0) is 36.1 Å². The molecule has 10 heteroatoms.